The third kappa shape index (κ3) is 4.19. The number of carbonyl (C=O) groups is 2. The molecule has 2 aromatic rings. The largest absolute Gasteiger partial charge is 0.419 e. The summed E-state index contributed by atoms with van der Waals surface area (Å²) >= 11 is 0. The van der Waals surface area contributed by atoms with Gasteiger partial charge in [-0.3, -0.25) is 10.1 Å². The van der Waals surface area contributed by atoms with Crippen molar-refractivity contribution in [2.75, 3.05) is 10.6 Å². The van der Waals surface area contributed by atoms with Crippen molar-refractivity contribution < 1.29 is 22.8 Å². The predicted octanol–water partition coefficient (Wildman–Crippen LogP) is 2.84. The molecule has 0 aliphatic rings. The molecular formula is C14H11F3N4O2. The van der Waals surface area contributed by atoms with Gasteiger partial charge in [-0.1, -0.05) is 0 Å². The van der Waals surface area contributed by atoms with Gasteiger partial charge < -0.3 is 11.1 Å². The summed E-state index contributed by atoms with van der Waals surface area (Å²) < 4.78 is 38.4. The number of anilines is 2. The van der Waals surface area contributed by atoms with E-state index >= 15 is 0 Å². The van der Waals surface area contributed by atoms with Crippen LogP contribution in [0, 0.1) is 0 Å². The number of hydrogen-bond acceptors (Lipinski definition) is 3. The first kappa shape index (κ1) is 16.3. The van der Waals surface area contributed by atoms with Crippen LogP contribution >= 0.6 is 0 Å². The van der Waals surface area contributed by atoms with E-state index in [0.717, 1.165) is 18.3 Å². The minimum Gasteiger partial charge on any atom is -0.366 e. The summed E-state index contributed by atoms with van der Waals surface area (Å²) in [5.74, 6) is -1.24. The van der Waals surface area contributed by atoms with Gasteiger partial charge in [0.25, 0.3) is 0 Å². The number of urea groups is 1. The molecule has 0 bridgehead atoms. The number of alkyl halides is 3. The Labute approximate surface area is 128 Å². The molecule has 23 heavy (non-hydrogen) atoms. The first-order valence-electron chi connectivity index (χ1n) is 6.27. The van der Waals surface area contributed by atoms with E-state index in [1.54, 1.807) is 0 Å². The van der Waals surface area contributed by atoms with Crippen LogP contribution in [0.2, 0.25) is 0 Å². The molecule has 1 heterocycles. The van der Waals surface area contributed by atoms with Gasteiger partial charge in [-0.2, -0.15) is 13.2 Å². The lowest BCUT2D eigenvalue weighted by molar-refractivity contribution is -0.137. The summed E-state index contributed by atoms with van der Waals surface area (Å²) in [7, 11) is 0. The standard InChI is InChI=1S/C14H11F3N4O2/c15-14(16,17)10-2-1-7-19-12(10)21-13(23)20-9-5-3-8(4-6-9)11(18)22/h1-7H,(H2,18,22)(H2,19,20,21,23). The lowest BCUT2D eigenvalue weighted by Crippen LogP contribution is -2.22. The van der Waals surface area contributed by atoms with Crippen LogP contribution in [0.15, 0.2) is 42.6 Å². The number of nitrogens with zero attached hydrogens (tertiary/aromatic N) is 1. The topological polar surface area (TPSA) is 97.1 Å². The lowest BCUT2D eigenvalue weighted by atomic mass is 10.2. The zero-order valence-electron chi connectivity index (χ0n) is 11.5. The number of hydrogen-bond donors (Lipinski definition) is 3. The number of primary amides is 1. The summed E-state index contributed by atoms with van der Waals surface area (Å²) in [4.78, 5) is 26.2. The highest BCUT2D eigenvalue weighted by atomic mass is 19.4. The second-order valence-electron chi connectivity index (χ2n) is 4.42. The summed E-state index contributed by atoms with van der Waals surface area (Å²) in [5, 5.41) is 4.36. The SMILES string of the molecule is NC(=O)c1ccc(NC(=O)Nc2ncccc2C(F)(F)F)cc1. The van der Waals surface area contributed by atoms with Gasteiger partial charge in [0.05, 0.1) is 5.56 Å². The Bertz CT molecular complexity index is 730. The van der Waals surface area contributed by atoms with Gasteiger partial charge in [0, 0.05) is 17.4 Å². The highest BCUT2D eigenvalue weighted by molar-refractivity contribution is 6.00. The van der Waals surface area contributed by atoms with Gasteiger partial charge in [0.1, 0.15) is 5.82 Å². The van der Waals surface area contributed by atoms with E-state index < -0.39 is 29.5 Å². The molecule has 2 rings (SSSR count). The average Bonchev–Trinajstić information content (AvgIpc) is 2.47. The van der Waals surface area contributed by atoms with Crippen LogP contribution in [0.3, 0.4) is 0 Å². The predicted molar refractivity (Wildman–Crippen MR) is 76.8 cm³/mol. The molecule has 0 saturated carbocycles. The molecule has 0 atom stereocenters. The number of nitrogens with two attached hydrogens (primary N) is 1. The van der Waals surface area contributed by atoms with Crippen molar-refractivity contribution in [1.82, 2.24) is 4.98 Å². The minimum absolute atomic E-state index is 0.236. The average molecular weight is 324 g/mol. The Kier molecular flexibility index (Phi) is 4.49. The van der Waals surface area contributed by atoms with Gasteiger partial charge in [0.15, 0.2) is 0 Å². The van der Waals surface area contributed by atoms with E-state index in [1.165, 1.54) is 24.3 Å². The highest BCUT2D eigenvalue weighted by Gasteiger charge is 2.34. The Morgan fingerprint density at radius 3 is 2.26 bits per heavy atom. The van der Waals surface area contributed by atoms with Gasteiger partial charge in [-0.25, -0.2) is 9.78 Å². The van der Waals surface area contributed by atoms with E-state index in [0.29, 0.717) is 0 Å². The molecule has 9 heteroatoms. The normalized spacial score (nSPS) is 10.9. The number of benzene rings is 1. The van der Waals surface area contributed by atoms with Crippen LogP contribution in [0.1, 0.15) is 15.9 Å². The van der Waals surface area contributed by atoms with Crippen molar-refractivity contribution in [3.63, 3.8) is 0 Å². The molecule has 1 aromatic carbocycles. The minimum atomic E-state index is -4.64. The van der Waals surface area contributed by atoms with Crippen LogP contribution < -0.4 is 16.4 Å². The van der Waals surface area contributed by atoms with Crippen LogP contribution in [-0.4, -0.2) is 16.9 Å². The Hall–Kier alpha value is -3.10. The van der Waals surface area contributed by atoms with Crippen molar-refractivity contribution in [3.8, 4) is 0 Å². The van der Waals surface area contributed by atoms with E-state index in [-0.39, 0.29) is 11.3 Å². The molecule has 4 N–H and O–H groups in total. The molecule has 0 radical (unpaired) electrons. The number of pyridine rings is 1. The van der Waals surface area contributed by atoms with Crippen molar-refractivity contribution >= 4 is 23.4 Å². The first-order valence-corrected chi connectivity index (χ1v) is 6.27. The Morgan fingerprint density at radius 1 is 1.04 bits per heavy atom. The molecular weight excluding hydrogens is 313 g/mol. The number of nitrogens with one attached hydrogen (secondary N) is 2. The molecule has 1 aromatic heterocycles. The Balaban J connectivity index is 2.10. The molecule has 0 fully saturated rings. The lowest BCUT2D eigenvalue weighted by Gasteiger charge is -2.13. The van der Waals surface area contributed by atoms with Crippen LogP contribution in [0.25, 0.3) is 0 Å². The number of amides is 3. The first-order chi connectivity index (χ1) is 10.8. The maximum atomic E-state index is 12.8. The second-order valence-corrected chi connectivity index (χ2v) is 4.42. The number of carbonyl (C=O) groups excluding carboxylic acids is 2. The van der Waals surface area contributed by atoms with Crippen molar-refractivity contribution in [2.24, 2.45) is 5.73 Å². The number of aromatic nitrogens is 1. The van der Waals surface area contributed by atoms with Gasteiger partial charge in [0.2, 0.25) is 5.91 Å². The summed E-state index contributed by atoms with van der Waals surface area (Å²) in [6.45, 7) is 0. The van der Waals surface area contributed by atoms with Gasteiger partial charge in [-0.15, -0.1) is 0 Å². The third-order valence-electron chi connectivity index (χ3n) is 2.77. The molecule has 0 aliphatic heterocycles. The monoisotopic (exact) mass is 324 g/mol. The zero-order chi connectivity index (χ0) is 17.0. The van der Waals surface area contributed by atoms with E-state index in [2.05, 4.69) is 10.3 Å². The van der Waals surface area contributed by atoms with Crippen LogP contribution in [0.4, 0.5) is 29.5 Å². The number of halogens is 3. The molecule has 6 nitrogen and oxygen atoms in total. The maximum Gasteiger partial charge on any atom is 0.419 e. The van der Waals surface area contributed by atoms with E-state index in [1.807, 2.05) is 5.32 Å². The van der Waals surface area contributed by atoms with Crippen molar-refractivity contribution in [3.05, 3.63) is 53.7 Å². The fourth-order valence-corrected chi connectivity index (χ4v) is 1.72. The van der Waals surface area contributed by atoms with Crippen molar-refractivity contribution in [1.29, 1.82) is 0 Å². The molecule has 0 aliphatic carbocycles. The second kappa shape index (κ2) is 6.34. The maximum absolute atomic E-state index is 12.8. The fraction of sp³-hybridized carbons (Fsp3) is 0.0714. The van der Waals surface area contributed by atoms with E-state index in [4.69, 9.17) is 5.73 Å². The summed E-state index contributed by atoms with van der Waals surface area (Å²) in [5.41, 5.74) is 4.53. The molecule has 3 amide bonds. The third-order valence-corrected chi connectivity index (χ3v) is 2.77. The van der Waals surface area contributed by atoms with E-state index in [9.17, 15) is 22.8 Å². The van der Waals surface area contributed by atoms with Crippen molar-refractivity contribution in [2.45, 2.75) is 6.18 Å². The smallest absolute Gasteiger partial charge is 0.366 e. The van der Waals surface area contributed by atoms with Crippen LogP contribution in [-0.2, 0) is 6.18 Å². The summed E-state index contributed by atoms with van der Waals surface area (Å²) in [6.07, 6.45) is -3.51. The van der Waals surface area contributed by atoms with Crippen LogP contribution in [0.5, 0.6) is 0 Å². The zero-order valence-corrected chi connectivity index (χ0v) is 11.5. The fourth-order valence-electron chi connectivity index (χ4n) is 1.72. The molecule has 0 unspecified atom stereocenters. The molecule has 120 valence electrons. The highest BCUT2D eigenvalue weighted by Crippen LogP contribution is 2.33. The summed E-state index contributed by atoms with van der Waals surface area (Å²) in [6, 6.07) is 6.56. The quantitative estimate of drug-likeness (QED) is 0.810. The molecule has 0 spiro atoms. The van der Waals surface area contributed by atoms with Gasteiger partial charge >= 0.3 is 12.2 Å². The number of rotatable bonds is 3. The Morgan fingerprint density at radius 2 is 1.70 bits per heavy atom. The van der Waals surface area contributed by atoms with Gasteiger partial charge in [-0.05, 0) is 36.4 Å². The molecule has 0 saturated heterocycles.